The molecule has 0 radical (unpaired) electrons. The Hall–Kier alpha value is -4.50. The molecule has 7 atom stereocenters. The fourth-order valence-electron chi connectivity index (χ4n) is 4.67. The Morgan fingerprint density at radius 3 is 1.67 bits per heavy atom. The molecule has 20 nitrogen and oxygen atoms in total. The number of aliphatic carboxylic acids is 2. The molecule has 296 valence electrons. The highest BCUT2D eigenvalue weighted by atomic mass is 32.2. The highest BCUT2D eigenvalue weighted by molar-refractivity contribution is 7.98. The smallest absolute Gasteiger partial charge is 0.326 e. The summed E-state index contributed by atoms with van der Waals surface area (Å²) in [5.74, 6) is -9.18. The number of carboxylic acid groups (broad SMARTS) is 2. The lowest BCUT2D eigenvalue weighted by Gasteiger charge is -2.29. The van der Waals surface area contributed by atoms with Crippen molar-refractivity contribution in [3.63, 3.8) is 0 Å². The highest BCUT2D eigenvalue weighted by Crippen LogP contribution is 2.12. The number of carbonyl (C=O) groups is 9. The number of amides is 7. The molecular formula is C31H55N9O11S. The van der Waals surface area contributed by atoms with Crippen molar-refractivity contribution in [1.82, 2.24) is 26.6 Å². The number of carbonyl (C=O) groups excluding carboxylic acids is 7. The quantitative estimate of drug-likeness (QED) is 0.0349. The number of thioether (sulfide) groups is 1. The third kappa shape index (κ3) is 19.2. The summed E-state index contributed by atoms with van der Waals surface area (Å²) in [5.41, 5.74) is 21.9. The Bertz CT molecular complexity index is 1260. The molecule has 0 saturated carbocycles. The standard InChI is InChI=1S/C31H55N9O11S/c1-4-16(2)25(40-28(47)19(9-11-24(43)44)36-26(45)17(33)12-14-52-3)30(49)37-18(8-10-22(34)41)27(46)39-21(15-23(35)42)29(48)38-20(31(50)51)7-5-6-13-32/h16-21,25H,4-15,32-33H2,1-3H3,(H2,34,41)(H2,35,42)(H,36,45)(H,37,49)(H,38,48)(H,39,46)(H,40,47)(H,43,44)(H,50,51). The molecule has 21 heteroatoms. The molecule has 0 aliphatic carbocycles. The summed E-state index contributed by atoms with van der Waals surface area (Å²) >= 11 is 1.45. The zero-order valence-corrected chi connectivity index (χ0v) is 30.6. The normalized spacial score (nSPS) is 14.9. The van der Waals surface area contributed by atoms with Gasteiger partial charge in [-0.05, 0) is 63.0 Å². The Morgan fingerprint density at radius 2 is 1.17 bits per heavy atom. The molecule has 7 amide bonds. The van der Waals surface area contributed by atoms with Gasteiger partial charge in [0.1, 0.15) is 30.2 Å². The number of hydrogen-bond donors (Lipinski definition) is 11. The van der Waals surface area contributed by atoms with Crippen LogP contribution in [0.2, 0.25) is 0 Å². The maximum absolute atomic E-state index is 13.7. The molecule has 52 heavy (non-hydrogen) atoms. The van der Waals surface area contributed by atoms with E-state index in [1.807, 2.05) is 6.26 Å². The second kappa shape index (κ2) is 25.5. The fourth-order valence-corrected chi connectivity index (χ4v) is 5.16. The summed E-state index contributed by atoms with van der Waals surface area (Å²) in [6.07, 6.45) is 0.848. The Kier molecular flexibility index (Phi) is 23.2. The third-order valence-electron chi connectivity index (χ3n) is 7.96. The van der Waals surface area contributed by atoms with Gasteiger partial charge in [-0.2, -0.15) is 11.8 Å². The third-order valence-corrected chi connectivity index (χ3v) is 8.60. The van der Waals surface area contributed by atoms with E-state index in [9.17, 15) is 53.4 Å². The minimum absolute atomic E-state index is 0.00118. The van der Waals surface area contributed by atoms with E-state index >= 15 is 0 Å². The minimum Gasteiger partial charge on any atom is -0.481 e. The number of unbranched alkanes of at least 4 members (excludes halogenated alkanes) is 1. The number of hydrogen-bond acceptors (Lipinski definition) is 12. The molecule has 0 aromatic heterocycles. The molecule has 7 unspecified atom stereocenters. The van der Waals surface area contributed by atoms with Crippen LogP contribution in [-0.2, 0) is 43.2 Å². The van der Waals surface area contributed by atoms with Gasteiger partial charge >= 0.3 is 11.9 Å². The maximum Gasteiger partial charge on any atom is 0.326 e. The average Bonchev–Trinajstić information content (AvgIpc) is 3.07. The zero-order chi connectivity index (χ0) is 40.0. The van der Waals surface area contributed by atoms with E-state index in [0.29, 0.717) is 25.0 Å². The molecule has 0 aromatic carbocycles. The lowest BCUT2D eigenvalue weighted by Crippen LogP contribution is -2.60. The van der Waals surface area contributed by atoms with Crippen molar-refractivity contribution in [2.75, 3.05) is 18.6 Å². The van der Waals surface area contributed by atoms with Crippen LogP contribution in [0.25, 0.3) is 0 Å². The Morgan fingerprint density at radius 1 is 0.654 bits per heavy atom. The van der Waals surface area contributed by atoms with Crippen LogP contribution in [-0.4, -0.2) is 118 Å². The molecule has 0 aliphatic heterocycles. The van der Waals surface area contributed by atoms with Crippen molar-refractivity contribution in [3.05, 3.63) is 0 Å². The molecule has 0 rings (SSSR count). The van der Waals surface area contributed by atoms with Gasteiger partial charge in [-0.3, -0.25) is 38.4 Å². The second-order valence-corrected chi connectivity index (χ2v) is 13.2. The molecule has 0 bridgehead atoms. The molecule has 0 fully saturated rings. The number of nitrogens with one attached hydrogen (secondary N) is 5. The molecule has 0 saturated heterocycles. The summed E-state index contributed by atoms with van der Waals surface area (Å²) in [6, 6.07) is -8.37. The van der Waals surface area contributed by atoms with Crippen LogP contribution in [0.15, 0.2) is 0 Å². The molecule has 15 N–H and O–H groups in total. The Labute approximate surface area is 306 Å². The monoisotopic (exact) mass is 761 g/mol. The molecular weight excluding hydrogens is 706 g/mol. The first kappa shape index (κ1) is 47.5. The minimum atomic E-state index is -1.68. The van der Waals surface area contributed by atoms with Gasteiger partial charge in [0.15, 0.2) is 0 Å². The lowest BCUT2D eigenvalue weighted by atomic mass is 9.96. The molecule has 0 aromatic rings. The van der Waals surface area contributed by atoms with Crippen molar-refractivity contribution in [2.24, 2.45) is 28.9 Å². The van der Waals surface area contributed by atoms with Crippen LogP contribution < -0.4 is 49.5 Å². The number of primary amides is 2. The first-order chi connectivity index (χ1) is 24.4. The van der Waals surface area contributed by atoms with Gasteiger partial charge in [0.25, 0.3) is 0 Å². The van der Waals surface area contributed by atoms with Gasteiger partial charge in [-0.1, -0.05) is 20.3 Å². The lowest BCUT2D eigenvalue weighted by molar-refractivity contribution is -0.142. The van der Waals surface area contributed by atoms with Crippen molar-refractivity contribution in [1.29, 1.82) is 0 Å². The van der Waals surface area contributed by atoms with Gasteiger partial charge in [-0.15, -0.1) is 0 Å². The molecule has 0 heterocycles. The van der Waals surface area contributed by atoms with Crippen LogP contribution in [0.5, 0.6) is 0 Å². The predicted molar refractivity (Wildman–Crippen MR) is 190 cm³/mol. The van der Waals surface area contributed by atoms with E-state index in [0.717, 1.165) is 0 Å². The summed E-state index contributed by atoms with van der Waals surface area (Å²) in [7, 11) is 0. The topological polar surface area (TPSA) is 358 Å². The van der Waals surface area contributed by atoms with Crippen LogP contribution in [0.4, 0.5) is 0 Å². The first-order valence-corrected chi connectivity index (χ1v) is 18.2. The van der Waals surface area contributed by atoms with E-state index in [1.54, 1.807) is 13.8 Å². The average molecular weight is 762 g/mol. The summed E-state index contributed by atoms with van der Waals surface area (Å²) in [5, 5.41) is 30.6. The SMILES string of the molecule is CCC(C)C(NC(=O)C(CCC(=O)O)NC(=O)C(N)CCSC)C(=O)NC(CCC(N)=O)C(=O)NC(CC(N)=O)C(=O)NC(CCCCN)C(=O)O. The van der Waals surface area contributed by atoms with Crippen LogP contribution in [0, 0.1) is 5.92 Å². The maximum atomic E-state index is 13.7. The Balaban J connectivity index is 6.26. The summed E-state index contributed by atoms with van der Waals surface area (Å²) in [4.78, 5) is 113. The first-order valence-electron chi connectivity index (χ1n) is 16.9. The number of nitrogens with two attached hydrogens (primary N) is 4. The van der Waals surface area contributed by atoms with Crippen LogP contribution >= 0.6 is 11.8 Å². The van der Waals surface area contributed by atoms with Crippen LogP contribution in [0.1, 0.15) is 78.1 Å². The fraction of sp³-hybridized carbons (Fsp3) is 0.710. The summed E-state index contributed by atoms with van der Waals surface area (Å²) < 4.78 is 0. The number of carboxylic acids is 2. The van der Waals surface area contributed by atoms with Gasteiger partial charge in [0, 0.05) is 12.8 Å². The van der Waals surface area contributed by atoms with Crippen molar-refractivity contribution in [2.45, 2.75) is 114 Å². The zero-order valence-electron chi connectivity index (χ0n) is 29.8. The van der Waals surface area contributed by atoms with Crippen LogP contribution in [0.3, 0.4) is 0 Å². The largest absolute Gasteiger partial charge is 0.481 e. The van der Waals surface area contributed by atoms with E-state index in [1.165, 1.54) is 11.8 Å². The predicted octanol–water partition coefficient (Wildman–Crippen LogP) is -3.24. The summed E-state index contributed by atoms with van der Waals surface area (Å²) in [6.45, 7) is 3.60. The van der Waals surface area contributed by atoms with Crippen molar-refractivity contribution in [3.8, 4) is 0 Å². The highest BCUT2D eigenvalue weighted by Gasteiger charge is 2.35. The van der Waals surface area contributed by atoms with E-state index < -0.39 is 115 Å². The van der Waals surface area contributed by atoms with Crippen molar-refractivity contribution < 1.29 is 53.4 Å². The van der Waals surface area contributed by atoms with Gasteiger partial charge in [0.05, 0.1) is 12.5 Å². The van der Waals surface area contributed by atoms with Crippen molar-refractivity contribution >= 4 is 65.1 Å². The second-order valence-electron chi connectivity index (χ2n) is 12.2. The molecule has 0 spiro atoms. The molecule has 0 aliphatic rings. The van der Waals surface area contributed by atoms with E-state index in [-0.39, 0.29) is 32.2 Å². The van der Waals surface area contributed by atoms with Gasteiger partial charge in [0.2, 0.25) is 41.4 Å². The van der Waals surface area contributed by atoms with E-state index in [2.05, 4.69) is 26.6 Å². The van der Waals surface area contributed by atoms with Gasteiger partial charge < -0.3 is 59.7 Å². The van der Waals surface area contributed by atoms with Gasteiger partial charge in [-0.25, -0.2) is 4.79 Å². The number of rotatable bonds is 28. The van der Waals surface area contributed by atoms with E-state index in [4.69, 9.17) is 22.9 Å².